The Morgan fingerprint density at radius 2 is 1.71 bits per heavy atom. The molecular weight excluding hydrogens is 542 g/mol. The quantitative estimate of drug-likeness (QED) is 0.292. The van der Waals surface area contributed by atoms with Crippen molar-refractivity contribution >= 4 is 34.7 Å². The standard InChI is InChI=1S/C26H34Cl2F3N5O2/c1-37-23(26(29,30)31)15-33-17-2-4-18(5-3-17)36-24-11-20(22(27)14-34-24)21-10-19(13-35-25(21)28)32-12-16-6-8-38-9-7-16/h10-11,13-14,16-18,23,32-33H,2-9,12,15H2,1H3,(H,34,36)/t17?,18?,23-/m1/s1. The van der Waals surface area contributed by atoms with Gasteiger partial charge in [-0.25, -0.2) is 9.97 Å². The van der Waals surface area contributed by atoms with E-state index in [2.05, 4.69) is 30.7 Å². The van der Waals surface area contributed by atoms with Gasteiger partial charge in [-0.2, -0.15) is 13.2 Å². The van der Waals surface area contributed by atoms with Crippen LogP contribution in [0.3, 0.4) is 0 Å². The van der Waals surface area contributed by atoms with Crippen molar-refractivity contribution in [2.45, 2.75) is 62.9 Å². The third-order valence-electron chi connectivity index (χ3n) is 7.24. The van der Waals surface area contributed by atoms with E-state index in [1.165, 1.54) is 0 Å². The number of anilines is 2. The van der Waals surface area contributed by atoms with Crippen LogP contribution in [-0.4, -0.2) is 67.7 Å². The first-order valence-corrected chi connectivity index (χ1v) is 13.7. The van der Waals surface area contributed by atoms with Gasteiger partial charge in [0, 0.05) is 62.8 Å². The summed E-state index contributed by atoms with van der Waals surface area (Å²) in [4.78, 5) is 8.79. The smallest absolute Gasteiger partial charge is 0.384 e. The molecule has 7 nitrogen and oxygen atoms in total. The topological polar surface area (TPSA) is 80.3 Å². The van der Waals surface area contributed by atoms with Crippen LogP contribution in [-0.2, 0) is 9.47 Å². The average Bonchev–Trinajstić information content (AvgIpc) is 2.90. The monoisotopic (exact) mass is 575 g/mol. The van der Waals surface area contributed by atoms with Crippen LogP contribution < -0.4 is 16.0 Å². The number of halogens is 5. The number of nitrogens with zero attached hydrogens (tertiary/aromatic N) is 2. The maximum Gasteiger partial charge on any atom is 0.415 e. The van der Waals surface area contributed by atoms with E-state index in [1.54, 1.807) is 12.4 Å². The van der Waals surface area contributed by atoms with E-state index in [0.717, 1.165) is 76.6 Å². The highest BCUT2D eigenvalue weighted by molar-refractivity contribution is 6.36. The van der Waals surface area contributed by atoms with Crippen LogP contribution in [0.1, 0.15) is 38.5 Å². The molecule has 3 N–H and O–H groups in total. The van der Waals surface area contributed by atoms with E-state index in [-0.39, 0.29) is 18.6 Å². The number of pyridine rings is 2. The van der Waals surface area contributed by atoms with E-state index < -0.39 is 12.3 Å². The molecule has 0 aromatic carbocycles. The molecule has 1 aliphatic heterocycles. The molecule has 2 aromatic heterocycles. The van der Waals surface area contributed by atoms with Crippen LogP contribution >= 0.6 is 23.2 Å². The summed E-state index contributed by atoms with van der Waals surface area (Å²) in [5.74, 6) is 1.22. The second kappa shape index (κ2) is 13.5. The lowest BCUT2D eigenvalue weighted by Gasteiger charge is -2.31. The molecule has 2 aliphatic rings. The minimum Gasteiger partial charge on any atom is -0.384 e. The van der Waals surface area contributed by atoms with Crippen molar-refractivity contribution in [1.29, 1.82) is 0 Å². The maximum atomic E-state index is 12.9. The first kappa shape index (κ1) is 29.1. The molecular formula is C26H34Cl2F3N5O2. The molecule has 3 heterocycles. The number of hydrogen-bond acceptors (Lipinski definition) is 7. The third-order valence-corrected chi connectivity index (χ3v) is 7.84. The Morgan fingerprint density at radius 3 is 2.39 bits per heavy atom. The Morgan fingerprint density at radius 1 is 1.00 bits per heavy atom. The van der Waals surface area contributed by atoms with Crippen molar-refractivity contribution in [1.82, 2.24) is 15.3 Å². The highest BCUT2D eigenvalue weighted by atomic mass is 35.5. The molecule has 12 heteroatoms. The summed E-state index contributed by atoms with van der Waals surface area (Å²) in [6, 6.07) is 3.98. The van der Waals surface area contributed by atoms with Crippen LogP contribution in [0.5, 0.6) is 0 Å². The van der Waals surface area contributed by atoms with Gasteiger partial charge < -0.3 is 25.4 Å². The second-order valence-electron chi connectivity index (χ2n) is 9.92. The molecule has 0 spiro atoms. The van der Waals surface area contributed by atoms with E-state index in [9.17, 15) is 13.2 Å². The van der Waals surface area contributed by atoms with Crippen molar-refractivity contribution in [3.63, 3.8) is 0 Å². The fourth-order valence-corrected chi connectivity index (χ4v) is 5.34. The van der Waals surface area contributed by atoms with Crippen LogP contribution in [0, 0.1) is 5.92 Å². The predicted molar refractivity (Wildman–Crippen MR) is 144 cm³/mol. The normalized spacial score (nSPS) is 21.7. The molecule has 38 heavy (non-hydrogen) atoms. The minimum absolute atomic E-state index is 0.0167. The lowest BCUT2D eigenvalue weighted by molar-refractivity contribution is -0.211. The highest BCUT2D eigenvalue weighted by Gasteiger charge is 2.40. The molecule has 210 valence electrons. The van der Waals surface area contributed by atoms with Crippen LogP contribution in [0.4, 0.5) is 24.7 Å². The number of aromatic nitrogens is 2. The van der Waals surface area contributed by atoms with Gasteiger partial charge >= 0.3 is 6.18 Å². The lowest BCUT2D eigenvalue weighted by Crippen LogP contribution is -2.45. The second-order valence-corrected chi connectivity index (χ2v) is 10.7. The summed E-state index contributed by atoms with van der Waals surface area (Å²) >= 11 is 13.0. The third kappa shape index (κ3) is 8.08. The number of rotatable bonds is 10. The molecule has 1 saturated carbocycles. The van der Waals surface area contributed by atoms with Gasteiger partial charge in [0.15, 0.2) is 6.10 Å². The van der Waals surface area contributed by atoms with Gasteiger partial charge in [0.2, 0.25) is 0 Å². The first-order valence-electron chi connectivity index (χ1n) is 13.0. The van der Waals surface area contributed by atoms with Crippen molar-refractivity contribution in [3.05, 3.63) is 34.7 Å². The van der Waals surface area contributed by atoms with Crippen LogP contribution in [0.15, 0.2) is 24.5 Å². The molecule has 1 atom stereocenters. The van der Waals surface area contributed by atoms with Crippen LogP contribution in [0.25, 0.3) is 11.1 Å². The van der Waals surface area contributed by atoms with Gasteiger partial charge in [0.1, 0.15) is 11.0 Å². The maximum absolute atomic E-state index is 12.9. The van der Waals surface area contributed by atoms with Crippen molar-refractivity contribution in [2.24, 2.45) is 5.92 Å². The van der Waals surface area contributed by atoms with E-state index in [0.29, 0.717) is 27.5 Å². The summed E-state index contributed by atoms with van der Waals surface area (Å²) < 4.78 is 48.8. The number of nitrogens with one attached hydrogen (secondary N) is 3. The Bertz CT molecular complexity index is 1050. The fraction of sp³-hybridized carbons (Fsp3) is 0.615. The average molecular weight is 576 g/mol. The Hall–Kier alpha value is -1.85. The zero-order valence-electron chi connectivity index (χ0n) is 21.3. The SMILES string of the molecule is CO[C@H](CNC1CCC(Nc2cc(-c3cc(NCC4CCOCC4)cnc3Cl)c(Cl)cn2)CC1)C(F)(F)F. The summed E-state index contributed by atoms with van der Waals surface area (Å²) in [6.45, 7) is 2.18. The Kier molecular flexibility index (Phi) is 10.3. The zero-order valence-corrected chi connectivity index (χ0v) is 22.8. The molecule has 2 aromatic rings. The highest BCUT2D eigenvalue weighted by Crippen LogP contribution is 2.35. The zero-order chi connectivity index (χ0) is 27.1. The van der Waals surface area contributed by atoms with Crippen molar-refractivity contribution in [3.8, 4) is 11.1 Å². The van der Waals surface area contributed by atoms with Crippen molar-refractivity contribution in [2.75, 3.05) is 44.0 Å². The van der Waals surface area contributed by atoms with E-state index in [4.69, 9.17) is 27.9 Å². The summed E-state index contributed by atoms with van der Waals surface area (Å²) in [5, 5.41) is 10.7. The molecule has 1 saturated heterocycles. The molecule has 0 radical (unpaired) electrons. The molecule has 0 bridgehead atoms. The molecule has 0 amide bonds. The van der Waals surface area contributed by atoms with E-state index >= 15 is 0 Å². The molecule has 1 aliphatic carbocycles. The number of alkyl halides is 3. The summed E-state index contributed by atoms with van der Waals surface area (Å²) in [5.41, 5.74) is 2.30. The van der Waals surface area contributed by atoms with Gasteiger partial charge in [-0.1, -0.05) is 23.2 Å². The fourth-order valence-electron chi connectivity index (χ4n) is 4.93. The van der Waals surface area contributed by atoms with Gasteiger partial charge in [-0.15, -0.1) is 0 Å². The molecule has 2 fully saturated rings. The predicted octanol–water partition coefficient (Wildman–Crippen LogP) is 6.18. The summed E-state index contributed by atoms with van der Waals surface area (Å²) in [6.07, 6.45) is 2.30. The largest absolute Gasteiger partial charge is 0.415 e. The van der Waals surface area contributed by atoms with E-state index in [1.807, 2.05) is 12.1 Å². The number of methoxy groups -OCH3 is 1. The van der Waals surface area contributed by atoms with Gasteiger partial charge in [-0.3, -0.25) is 0 Å². The molecule has 0 unspecified atom stereocenters. The van der Waals surface area contributed by atoms with Gasteiger partial charge in [0.05, 0.1) is 16.9 Å². The number of hydrogen-bond donors (Lipinski definition) is 3. The van der Waals surface area contributed by atoms with Gasteiger partial charge in [-0.05, 0) is 56.6 Å². The number of ether oxygens (including phenoxy) is 2. The van der Waals surface area contributed by atoms with Crippen LogP contribution in [0.2, 0.25) is 10.2 Å². The Labute approximate surface area is 231 Å². The minimum atomic E-state index is -4.38. The van der Waals surface area contributed by atoms with Gasteiger partial charge in [0.25, 0.3) is 0 Å². The lowest BCUT2D eigenvalue weighted by atomic mass is 9.91. The van der Waals surface area contributed by atoms with Crippen molar-refractivity contribution < 1.29 is 22.6 Å². The summed E-state index contributed by atoms with van der Waals surface area (Å²) in [7, 11) is 1.08. The Balaban J connectivity index is 1.34. The molecule has 4 rings (SSSR count). The first-order chi connectivity index (χ1) is 18.2.